The number of carbonyl (C=O) groups is 1. The number of carbonyl (C=O) groups excluding carboxylic acids is 1. The van der Waals surface area contributed by atoms with Gasteiger partial charge in [0.05, 0.1) is 5.02 Å². The fourth-order valence-corrected chi connectivity index (χ4v) is 3.54. The molecule has 0 N–H and O–H groups in total. The summed E-state index contributed by atoms with van der Waals surface area (Å²) in [6.45, 7) is 5.82. The Morgan fingerprint density at radius 3 is 2.59 bits per heavy atom. The number of nitrogens with zero attached hydrogens (tertiary/aromatic N) is 3. The highest BCUT2D eigenvalue weighted by atomic mass is 35.5. The maximum Gasteiger partial charge on any atom is 0.275 e. The summed E-state index contributed by atoms with van der Waals surface area (Å²) in [7, 11) is 1.77. The summed E-state index contributed by atoms with van der Waals surface area (Å²) in [5, 5.41) is 4.60. The van der Waals surface area contributed by atoms with Crippen molar-refractivity contribution in [3.63, 3.8) is 0 Å². The first-order chi connectivity index (χ1) is 10.4. The van der Waals surface area contributed by atoms with Gasteiger partial charge in [0, 0.05) is 32.3 Å². The van der Waals surface area contributed by atoms with Crippen LogP contribution in [0.5, 0.6) is 0 Å². The summed E-state index contributed by atoms with van der Waals surface area (Å²) in [5.41, 5.74) is 1.64. The average Bonchev–Trinajstić information content (AvgIpc) is 2.98. The minimum Gasteiger partial charge on any atom is -0.336 e. The van der Waals surface area contributed by atoms with Crippen molar-refractivity contribution in [2.45, 2.75) is 19.8 Å². The van der Waals surface area contributed by atoms with E-state index in [0.29, 0.717) is 29.7 Å². The summed E-state index contributed by atoms with van der Waals surface area (Å²) in [6.07, 6.45) is 1.66. The molecule has 0 radical (unpaired) electrons. The molecule has 116 valence electrons. The van der Waals surface area contributed by atoms with Gasteiger partial charge >= 0.3 is 0 Å². The Kier molecular flexibility index (Phi) is 3.73. The second kappa shape index (κ2) is 5.43. The van der Waals surface area contributed by atoms with Crippen molar-refractivity contribution >= 4 is 17.5 Å². The Labute approximate surface area is 135 Å². The first-order valence-electron chi connectivity index (χ1n) is 7.42. The van der Waals surface area contributed by atoms with Crippen LogP contribution in [0.4, 0.5) is 0 Å². The van der Waals surface area contributed by atoms with Crippen molar-refractivity contribution in [3.8, 4) is 0 Å². The summed E-state index contributed by atoms with van der Waals surface area (Å²) in [4.78, 5) is 14.6. The van der Waals surface area contributed by atoms with Gasteiger partial charge in [0.2, 0.25) is 0 Å². The van der Waals surface area contributed by atoms with Gasteiger partial charge in [0.1, 0.15) is 0 Å². The van der Waals surface area contributed by atoms with E-state index in [1.165, 1.54) is 5.56 Å². The van der Waals surface area contributed by atoms with Gasteiger partial charge in [0.25, 0.3) is 5.91 Å². The lowest BCUT2D eigenvalue weighted by Crippen LogP contribution is -2.30. The molecule has 0 saturated carbocycles. The smallest absolute Gasteiger partial charge is 0.275 e. The van der Waals surface area contributed by atoms with Crippen molar-refractivity contribution < 1.29 is 4.79 Å². The van der Waals surface area contributed by atoms with E-state index >= 15 is 0 Å². The quantitative estimate of drug-likeness (QED) is 0.852. The number of aromatic nitrogens is 2. The Hall–Kier alpha value is -1.81. The third kappa shape index (κ3) is 2.63. The number of hydrogen-bond acceptors (Lipinski definition) is 2. The lowest BCUT2D eigenvalue weighted by atomic mass is 9.78. The van der Waals surface area contributed by atoms with Crippen molar-refractivity contribution in [2.75, 3.05) is 13.1 Å². The van der Waals surface area contributed by atoms with E-state index in [9.17, 15) is 4.79 Å². The van der Waals surface area contributed by atoms with Crippen LogP contribution in [0.1, 0.15) is 35.8 Å². The summed E-state index contributed by atoms with van der Waals surface area (Å²) in [5.74, 6) is 0.234. The molecule has 2 aromatic rings. The van der Waals surface area contributed by atoms with Gasteiger partial charge < -0.3 is 4.90 Å². The SMILES string of the molecule is Cn1cc(Cl)c(C(=O)N2C[C@H](c3ccccc3)C(C)(C)C2)n1. The predicted molar refractivity (Wildman–Crippen MR) is 87.1 cm³/mol. The molecule has 1 aromatic heterocycles. The fourth-order valence-electron chi connectivity index (χ4n) is 3.29. The topological polar surface area (TPSA) is 38.1 Å². The lowest BCUT2D eigenvalue weighted by molar-refractivity contribution is 0.0771. The van der Waals surface area contributed by atoms with Crippen LogP contribution in [0, 0.1) is 5.41 Å². The van der Waals surface area contributed by atoms with Gasteiger partial charge in [-0.15, -0.1) is 0 Å². The van der Waals surface area contributed by atoms with Gasteiger partial charge in [-0.25, -0.2) is 0 Å². The first kappa shape index (κ1) is 15.1. The van der Waals surface area contributed by atoms with Crippen LogP contribution in [0.2, 0.25) is 5.02 Å². The van der Waals surface area contributed by atoms with Crippen LogP contribution in [0.25, 0.3) is 0 Å². The van der Waals surface area contributed by atoms with Gasteiger partial charge in [-0.05, 0) is 11.0 Å². The molecule has 1 atom stereocenters. The van der Waals surface area contributed by atoms with Gasteiger partial charge in [-0.1, -0.05) is 55.8 Å². The molecule has 3 rings (SSSR count). The molecule has 0 bridgehead atoms. The monoisotopic (exact) mass is 317 g/mol. The molecule has 1 aliphatic heterocycles. The van der Waals surface area contributed by atoms with E-state index in [4.69, 9.17) is 11.6 Å². The number of benzene rings is 1. The molecule has 1 saturated heterocycles. The number of aryl methyl sites for hydroxylation is 1. The zero-order valence-electron chi connectivity index (χ0n) is 13.1. The highest BCUT2D eigenvalue weighted by molar-refractivity contribution is 6.33. The third-order valence-corrected chi connectivity index (χ3v) is 4.70. The van der Waals surface area contributed by atoms with Gasteiger partial charge in [-0.3, -0.25) is 9.48 Å². The number of halogens is 1. The molecule has 1 fully saturated rings. The molecule has 5 heteroatoms. The average molecular weight is 318 g/mol. The molecule has 0 unspecified atom stereocenters. The number of likely N-dealkylation sites (tertiary alicyclic amines) is 1. The van der Waals surface area contributed by atoms with E-state index in [-0.39, 0.29) is 11.3 Å². The highest BCUT2D eigenvalue weighted by Gasteiger charge is 2.42. The maximum atomic E-state index is 12.7. The van der Waals surface area contributed by atoms with Crippen molar-refractivity contribution in [2.24, 2.45) is 12.5 Å². The highest BCUT2D eigenvalue weighted by Crippen LogP contribution is 2.42. The Morgan fingerprint density at radius 1 is 1.32 bits per heavy atom. The normalized spacial score (nSPS) is 20.4. The molecule has 0 spiro atoms. The lowest BCUT2D eigenvalue weighted by Gasteiger charge is -2.25. The molecule has 0 aliphatic carbocycles. The van der Waals surface area contributed by atoms with Crippen molar-refractivity contribution in [1.82, 2.24) is 14.7 Å². The largest absolute Gasteiger partial charge is 0.336 e. The molecule has 1 aromatic carbocycles. The molecule has 1 aliphatic rings. The van der Waals surface area contributed by atoms with E-state index in [2.05, 4.69) is 31.1 Å². The van der Waals surface area contributed by atoms with Crippen molar-refractivity contribution in [1.29, 1.82) is 0 Å². The third-order valence-electron chi connectivity index (χ3n) is 4.42. The molecule has 2 heterocycles. The zero-order chi connectivity index (χ0) is 15.9. The predicted octanol–water partition coefficient (Wildman–Crippen LogP) is 3.34. The van der Waals surface area contributed by atoms with E-state index in [0.717, 1.165) is 0 Å². The molecular formula is C17H20ClN3O. The summed E-state index contributed by atoms with van der Waals surface area (Å²) < 4.78 is 1.57. The Bertz CT molecular complexity index is 693. The second-order valence-electron chi connectivity index (χ2n) is 6.64. The fraction of sp³-hybridized carbons (Fsp3) is 0.412. The molecule has 4 nitrogen and oxygen atoms in total. The summed E-state index contributed by atoms with van der Waals surface area (Å²) >= 11 is 6.11. The minimum atomic E-state index is -0.0860. The zero-order valence-corrected chi connectivity index (χ0v) is 13.8. The van der Waals surface area contributed by atoms with Crippen LogP contribution in [0.15, 0.2) is 36.5 Å². The van der Waals surface area contributed by atoms with Crippen LogP contribution in [-0.4, -0.2) is 33.7 Å². The maximum absolute atomic E-state index is 12.7. The Balaban J connectivity index is 1.86. The van der Waals surface area contributed by atoms with Gasteiger partial charge in [0.15, 0.2) is 5.69 Å². The minimum absolute atomic E-state index is 0.0261. The van der Waals surface area contributed by atoms with Crippen molar-refractivity contribution in [3.05, 3.63) is 52.8 Å². The number of hydrogen-bond donors (Lipinski definition) is 0. The molecule has 1 amide bonds. The van der Waals surface area contributed by atoms with E-state index in [1.54, 1.807) is 17.9 Å². The van der Waals surface area contributed by atoms with Crippen LogP contribution >= 0.6 is 11.6 Å². The van der Waals surface area contributed by atoms with E-state index in [1.807, 2.05) is 23.1 Å². The molecular weight excluding hydrogens is 298 g/mol. The number of amides is 1. The first-order valence-corrected chi connectivity index (χ1v) is 7.79. The Morgan fingerprint density at radius 2 is 2.00 bits per heavy atom. The number of rotatable bonds is 2. The van der Waals surface area contributed by atoms with Crippen LogP contribution in [0.3, 0.4) is 0 Å². The standard InChI is InChI=1S/C17H20ClN3O/c1-17(2)11-21(9-13(17)12-7-5-4-6-8-12)16(22)15-14(18)10-20(3)19-15/h4-8,10,13H,9,11H2,1-3H3/t13-/m1/s1. The van der Waals surface area contributed by atoms with Crippen LogP contribution in [-0.2, 0) is 7.05 Å². The molecule has 22 heavy (non-hydrogen) atoms. The van der Waals surface area contributed by atoms with Gasteiger partial charge in [-0.2, -0.15) is 5.10 Å². The van der Waals surface area contributed by atoms with Crippen LogP contribution < -0.4 is 0 Å². The summed E-state index contributed by atoms with van der Waals surface area (Å²) in [6, 6.07) is 10.4. The van der Waals surface area contributed by atoms with E-state index < -0.39 is 0 Å². The second-order valence-corrected chi connectivity index (χ2v) is 7.04.